The molecule has 4 heavy (non-hydrogen) atoms. The summed E-state index contributed by atoms with van der Waals surface area (Å²) in [5.41, 5.74) is 0. The number of hydrogen-bond donors (Lipinski definition) is 0. The summed E-state index contributed by atoms with van der Waals surface area (Å²) in [5.74, 6) is 0. The Hall–Kier alpha value is 1.90. The van der Waals surface area contributed by atoms with Gasteiger partial charge < -0.3 is 0 Å². The zero-order valence-electron chi connectivity index (χ0n) is 1.93. The van der Waals surface area contributed by atoms with Crippen LogP contribution in [0.4, 0.5) is 0 Å². The van der Waals surface area contributed by atoms with Crippen molar-refractivity contribution in [2.45, 2.75) is 0 Å². The SMILES string of the molecule is [B].[Cr].[Ti].[V]. The normalized spacial score (nSPS) is 0. The van der Waals surface area contributed by atoms with E-state index >= 15 is 0 Å². The van der Waals surface area contributed by atoms with E-state index in [0.717, 1.165) is 0 Å². The van der Waals surface area contributed by atoms with E-state index in [-0.39, 0.29) is 66.0 Å². The maximum atomic E-state index is 0. The Bertz CT molecular complexity index is 8.00. The second kappa shape index (κ2) is 20.7. The van der Waals surface area contributed by atoms with Crippen molar-refractivity contribution in [2.24, 2.45) is 0 Å². The molecule has 0 amide bonds. The summed E-state index contributed by atoms with van der Waals surface area (Å²) in [6.07, 6.45) is 0. The van der Waals surface area contributed by atoms with E-state index in [1.54, 1.807) is 0 Å². The van der Waals surface area contributed by atoms with Crippen LogP contribution in [0.3, 0.4) is 0 Å². The Morgan fingerprint density at radius 2 is 1.00 bits per heavy atom. The molecule has 4 radical (unpaired) electrons. The monoisotopic (exact) mass is 162 g/mol. The van der Waals surface area contributed by atoms with Crippen LogP contribution < -0.4 is 0 Å². The first-order chi connectivity index (χ1) is 0. The largest absolute Gasteiger partial charge is 0 e. The maximum Gasteiger partial charge on any atom is 0 e. The van der Waals surface area contributed by atoms with E-state index in [1.165, 1.54) is 0 Å². The van der Waals surface area contributed by atoms with Gasteiger partial charge in [-0.1, -0.05) is 0 Å². The Labute approximate surface area is 65.6 Å². The van der Waals surface area contributed by atoms with Crippen molar-refractivity contribution in [1.82, 2.24) is 0 Å². The second-order valence-electron chi connectivity index (χ2n) is 0. The Balaban J connectivity index is 0. The molecule has 0 aliphatic rings. The van der Waals surface area contributed by atoms with Crippen LogP contribution in [0.2, 0.25) is 0 Å². The maximum absolute atomic E-state index is 0. The van der Waals surface area contributed by atoms with Gasteiger partial charge in [0.1, 0.15) is 0 Å². The van der Waals surface area contributed by atoms with Crippen molar-refractivity contribution in [1.29, 1.82) is 0 Å². The van der Waals surface area contributed by atoms with E-state index in [1.807, 2.05) is 0 Å². The van der Waals surface area contributed by atoms with Gasteiger partial charge in [-0.2, -0.15) is 0 Å². The topological polar surface area (TPSA) is 0 Å². The van der Waals surface area contributed by atoms with Crippen LogP contribution in [-0.4, -0.2) is 8.41 Å². The van der Waals surface area contributed by atoms with E-state index in [9.17, 15) is 0 Å². The standard InChI is InChI=1S/B.Cr.Ti.V. The van der Waals surface area contributed by atoms with Gasteiger partial charge in [0.2, 0.25) is 0 Å². The molecule has 0 unspecified atom stereocenters. The summed E-state index contributed by atoms with van der Waals surface area (Å²) in [6.45, 7) is 0. The third-order valence-corrected chi connectivity index (χ3v) is 0. The minimum Gasteiger partial charge on any atom is 0 e. The molecule has 0 nitrogen and oxygen atoms in total. The average molecular weight is 162 g/mol. The number of hydrogen-bond acceptors (Lipinski definition) is 0. The summed E-state index contributed by atoms with van der Waals surface area (Å²) in [4.78, 5) is 0. The first-order valence-electron chi connectivity index (χ1n) is 0. The molecule has 0 aromatic heterocycles. The van der Waals surface area contributed by atoms with E-state index < -0.39 is 0 Å². The predicted octanol–water partition coefficient (Wildman–Crippen LogP) is -0.388. The first kappa shape index (κ1) is 39.3. The van der Waals surface area contributed by atoms with Crippen LogP contribution >= 0.6 is 0 Å². The van der Waals surface area contributed by atoms with Crippen LogP contribution in [-0.2, 0) is 57.6 Å². The molecule has 0 heterocycles. The third kappa shape index (κ3) is 9.09. The van der Waals surface area contributed by atoms with Gasteiger partial charge in [0, 0.05) is 66.0 Å². The Kier molecular flexibility index (Phi) is 203. The van der Waals surface area contributed by atoms with Gasteiger partial charge in [-0.15, -0.1) is 0 Å². The molecule has 4 heteroatoms. The molecule has 0 aromatic rings. The van der Waals surface area contributed by atoms with Crippen LogP contribution in [0.1, 0.15) is 0 Å². The summed E-state index contributed by atoms with van der Waals surface area (Å²) in [7, 11) is 0. The molecule has 18 valence electrons. The second-order valence-corrected chi connectivity index (χ2v) is 0. The van der Waals surface area contributed by atoms with Gasteiger partial charge >= 0.3 is 0 Å². The van der Waals surface area contributed by atoms with Crippen LogP contribution in [0, 0.1) is 0 Å². The fourth-order valence-electron chi connectivity index (χ4n) is 0. The van der Waals surface area contributed by atoms with Crippen LogP contribution in [0.5, 0.6) is 0 Å². The minimum absolute atomic E-state index is 0. The quantitative estimate of drug-likeness (QED) is 0.425. The Morgan fingerprint density at radius 1 is 1.00 bits per heavy atom. The van der Waals surface area contributed by atoms with Gasteiger partial charge in [-0.3, -0.25) is 0 Å². The van der Waals surface area contributed by atoms with E-state index in [2.05, 4.69) is 0 Å². The van der Waals surface area contributed by atoms with E-state index in [4.69, 9.17) is 0 Å². The Morgan fingerprint density at radius 3 is 1.00 bits per heavy atom. The van der Waals surface area contributed by atoms with Crippen molar-refractivity contribution in [3.63, 3.8) is 0 Å². The van der Waals surface area contributed by atoms with Gasteiger partial charge in [-0.25, -0.2) is 0 Å². The zero-order chi connectivity index (χ0) is 0. The summed E-state index contributed by atoms with van der Waals surface area (Å²) in [6, 6.07) is 0. The van der Waals surface area contributed by atoms with Crippen molar-refractivity contribution >= 4 is 8.41 Å². The summed E-state index contributed by atoms with van der Waals surface area (Å²) in [5, 5.41) is 0. The molecule has 0 rings (SSSR count). The molecule has 0 aliphatic heterocycles. The van der Waals surface area contributed by atoms with Crippen molar-refractivity contribution in [3.8, 4) is 0 Å². The molecule has 0 saturated heterocycles. The summed E-state index contributed by atoms with van der Waals surface area (Å²) >= 11 is 0. The smallest absolute Gasteiger partial charge is 0 e. The molecule has 0 aromatic carbocycles. The molecular weight excluding hydrogens is 162 g/mol. The summed E-state index contributed by atoms with van der Waals surface area (Å²) < 4.78 is 0. The zero-order valence-corrected chi connectivity index (χ0v) is 6.17. The molecule has 0 bridgehead atoms. The van der Waals surface area contributed by atoms with Gasteiger partial charge in [0.15, 0.2) is 0 Å². The molecule has 0 spiro atoms. The molecule has 0 N–H and O–H groups in total. The van der Waals surface area contributed by atoms with E-state index in [0.29, 0.717) is 0 Å². The fourth-order valence-corrected chi connectivity index (χ4v) is 0. The minimum atomic E-state index is 0. The molecular formula is BCrTiV. The molecule has 0 atom stereocenters. The van der Waals surface area contributed by atoms with Crippen molar-refractivity contribution in [3.05, 3.63) is 0 Å². The fraction of sp³-hybridized carbons (Fsp3) is 0. The number of rotatable bonds is 0. The van der Waals surface area contributed by atoms with Crippen LogP contribution in [0.15, 0.2) is 0 Å². The molecule has 0 saturated carbocycles. The van der Waals surface area contributed by atoms with Crippen molar-refractivity contribution in [2.75, 3.05) is 0 Å². The predicted molar refractivity (Wildman–Crippen MR) is 5.75 cm³/mol. The first-order valence-corrected chi connectivity index (χ1v) is 0. The van der Waals surface area contributed by atoms with Crippen molar-refractivity contribution < 1.29 is 57.6 Å². The average Bonchev–Trinajstić information content (AvgIpc) is 0. The van der Waals surface area contributed by atoms with Gasteiger partial charge in [0.25, 0.3) is 0 Å². The third-order valence-electron chi connectivity index (χ3n) is 0. The van der Waals surface area contributed by atoms with Crippen LogP contribution in [0.25, 0.3) is 0 Å². The van der Waals surface area contributed by atoms with Gasteiger partial charge in [0.05, 0.1) is 0 Å². The molecule has 0 aliphatic carbocycles. The molecule has 0 fully saturated rings. The van der Waals surface area contributed by atoms with Gasteiger partial charge in [-0.05, 0) is 0 Å².